The molecule has 0 bridgehead atoms. The van der Waals surface area contributed by atoms with Crippen LogP contribution in [-0.4, -0.2) is 19.9 Å². The van der Waals surface area contributed by atoms with Crippen molar-refractivity contribution < 1.29 is 5.11 Å². The van der Waals surface area contributed by atoms with Gasteiger partial charge >= 0.3 is 0 Å². The summed E-state index contributed by atoms with van der Waals surface area (Å²) in [6.45, 7) is 6.32. The van der Waals surface area contributed by atoms with Crippen molar-refractivity contribution in [2.24, 2.45) is 0 Å². The Hall–Kier alpha value is -1.68. The highest BCUT2D eigenvalue weighted by Crippen LogP contribution is 2.18. The Morgan fingerprint density at radius 1 is 1.20 bits per heavy atom. The zero-order valence-electron chi connectivity index (χ0n) is 12.5. The largest absolute Gasteiger partial charge is 0.386 e. The molecule has 4 nitrogen and oxygen atoms in total. The third kappa shape index (κ3) is 3.45. The Balaban J connectivity index is 2.04. The number of pyridine rings is 1. The molecule has 0 aliphatic heterocycles. The van der Waals surface area contributed by atoms with Gasteiger partial charge in [-0.05, 0) is 37.5 Å². The molecule has 0 saturated carbocycles. The molecule has 2 heterocycles. The van der Waals surface area contributed by atoms with Crippen molar-refractivity contribution in [2.75, 3.05) is 0 Å². The molecule has 2 aromatic rings. The van der Waals surface area contributed by atoms with Crippen LogP contribution in [0.4, 0.5) is 0 Å². The first kappa shape index (κ1) is 14.7. The van der Waals surface area contributed by atoms with E-state index in [9.17, 15) is 5.11 Å². The molecule has 1 unspecified atom stereocenters. The Labute approximate surface area is 120 Å². The van der Waals surface area contributed by atoms with Crippen LogP contribution in [0.2, 0.25) is 0 Å². The van der Waals surface area contributed by atoms with Crippen LogP contribution < -0.4 is 0 Å². The van der Waals surface area contributed by atoms with E-state index in [1.807, 2.05) is 36.0 Å². The summed E-state index contributed by atoms with van der Waals surface area (Å²) in [7, 11) is 0. The average Bonchev–Trinajstić information content (AvgIpc) is 2.89. The summed E-state index contributed by atoms with van der Waals surface area (Å²) in [4.78, 5) is 4.26. The van der Waals surface area contributed by atoms with Gasteiger partial charge in [0.2, 0.25) is 0 Å². The van der Waals surface area contributed by atoms with Gasteiger partial charge in [0.15, 0.2) is 0 Å². The summed E-state index contributed by atoms with van der Waals surface area (Å²) in [5, 5.41) is 14.8. The van der Waals surface area contributed by atoms with E-state index < -0.39 is 6.10 Å². The zero-order chi connectivity index (χ0) is 14.5. The maximum absolute atomic E-state index is 10.2. The molecule has 0 saturated heterocycles. The summed E-state index contributed by atoms with van der Waals surface area (Å²) in [6.07, 6.45) is 5.83. The maximum atomic E-state index is 10.2. The minimum Gasteiger partial charge on any atom is -0.386 e. The van der Waals surface area contributed by atoms with Crippen LogP contribution in [0.1, 0.15) is 55.8 Å². The predicted octanol–water partition coefficient (Wildman–Crippen LogP) is 3.22. The predicted molar refractivity (Wildman–Crippen MR) is 79.5 cm³/mol. The monoisotopic (exact) mass is 273 g/mol. The van der Waals surface area contributed by atoms with Crippen molar-refractivity contribution in [1.29, 1.82) is 0 Å². The molecule has 0 aliphatic rings. The van der Waals surface area contributed by atoms with Gasteiger partial charge in [0.05, 0.1) is 17.4 Å². The van der Waals surface area contributed by atoms with E-state index >= 15 is 0 Å². The third-order valence-electron chi connectivity index (χ3n) is 3.66. The van der Waals surface area contributed by atoms with Gasteiger partial charge in [-0.15, -0.1) is 0 Å². The molecule has 0 amide bonds. The second-order valence-corrected chi connectivity index (χ2v) is 5.24. The number of aliphatic hydroxyl groups is 1. The van der Waals surface area contributed by atoms with E-state index in [1.54, 1.807) is 6.20 Å². The minimum absolute atomic E-state index is 0.443. The van der Waals surface area contributed by atoms with E-state index in [2.05, 4.69) is 23.9 Å². The lowest BCUT2D eigenvalue weighted by Gasteiger charge is -2.13. The summed E-state index contributed by atoms with van der Waals surface area (Å²) in [5.74, 6) is 0. The van der Waals surface area contributed by atoms with E-state index in [1.165, 1.54) is 0 Å². The first-order valence-electron chi connectivity index (χ1n) is 7.28. The van der Waals surface area contributed by atoms with Crippen molar-refractivity contribution in [1.82, 2.24) is 14.8 Å². The molecule has 1 atom stereocenters. The molecule has 2 aromatic heterocycles. The molecule has 0 spiro atoms. The van der Waals surface area contributed by atoms with E-state index in [-0.39, 0.29) is 0 Å². The van der Waals surface area contributed by atoms with Gasteiger partial charge in [-0.3, -0.25) is 9.67 Å². The smallest absolute Gasteiger partial charge is 0.102 e. The van der Waals surface area contributed by atoms with Gasteiger partial charge in [-0.2, -0.15) is 5.10 Å². The third-order valence-corrected chi connectivity index (χ3v) is 3.66. The quantitative estimate of drug-likeness (QED) is 0.879. The van der Waals surface area contributed by atoms with E-state index in [0.717, 1.165) is 24.1 Å². The summed E-state index contributed by atoms with van der Waals surface area (Å²) < 4.78 is 2.00. The number of aromatic nitrogens is 3. The van der Waals surface area contributed by atoms with Crippen molar-refractivity contribution in [3.8, 4) is 0 Å². The fourth-order valence-electron chi connectivity index (χ4n) is 2.33. The van der Waals surface area contributed by atoms with Gasteiger partial charge in [0.1, 0.15) is 6.10 Å². The number of rotatable bonds is 6. The first-order valence-corrected chi connectivity index (χ1v) is 7.28. The van der Waals surface area contributed by atoms with Gasteiger partial charge < -0.3 is 5.11 Å². The fraction of sp³-hybridized carbons (Fsp3) is 0.500. The van der Waals surface area contributed by atoms with Crippen LogP contribution >= 0.6 is 0 Å². The SMILES string of the molecule is CCC(CC)n1ccc(CC(O)c2ccc(C)cn2)n1. The highest BCUT2D eigenvalue weighted by Gasteiger charge is 2.13. The topological polar surface area (TPSA) is 50.9 Å². The minimum atomic E-state index is -0.597. The van der Waals surface area contributed by atoms with Crippen LogP contribution in [0.3, 0.4) is 0 Å². The first-order chi connectivity index (χ1) is 9.63. The van der Waals surface area contributed by atoms with Gasteiger partial charge in [-0.1, -0.05) is 19.9 Å². The van der Waals surface area contributed by atoms with Gasteiger partial charge in [-0.25, -0.2) is 0 Å². The molecular formula is C16H23N3O. The molecule has 0 aromatic carbocycles. The molecule has 0 aliphatic carbocycles. The Kier molecular flexibility index (Phi) is 4.90. The Bertz CT molecular complexity index is 529. The number of aryl methyl sites for hydroxylation is 1. The van der Waals surface area contributed by atoms with Gasteiger partial charge in [0, 0.05) is 18.8 Å². The summed E-state index contributed by atoms with van der Waals surface area (Å²) >= 11 is 0. The highest BCUT2D eigenvalue weighted by molar-refractivity contribution is 5.15. The van der Waals surface area contributed by atoms with E-state index in [0.29, 0.717) is 18.2 Å². The van der Waals surface area contributed by atoms with Crippen LogP contribution in [0.5, 0.6) is 0 Å². The normalized spacial score (nSPS) is 12.8. The van der Waals surface area contributed by atoms with Crippen LogP contribution in [0.25, 0.3) is 0 Å². The Morgan fingerprint density at radius 2 is 1.95 bits per heavy atom. The molecular weight excluding hydrogens is 250 g/mol. The lowest BCUT2D eigenvalue weighted by molar-refractivity contribution is 0.172. The number of hydrogen-bond acceptors (Lipinski definition) is 3. The second-order valence-electron chi connectivity index (χ2n) is 5.24. The highest BCUT2D eigenvalue weighted by atomic mass is 16.3. The molecule has 20 heavy (non-hydrogen) atoms. The van der Waals surface area contributed by atoms with Crippen LogP contribution in [0.15, 0.2) is 30.6 Å². The maximum Gasteiger partial charge on any atom is 0.102 e. The van der Waals surface area contributed by atoms with Crippen molar-refractivity contribution >= 4 is 0 Å². The number of hydrogen-bond donors (Lipinski definition) is 1. The van der Waals surface area contributed by atoms with Gasteiger partial charge in [0.25, 0.3) is 0 Å². The molecule has 0 radical (unpaired) electrons. The number of nitrogens with zero attached hydrogens (tertiary/aromatic N) is 3. The standard InChI is InChI=1S/C16H23N3O/c1-4-14(5-2)19-9-8-13(18-19)10-16(20)15-7-6-12(3)11-17-15/h6-9,11,14,16,20H,4-5,10H2,1-3H3. The summed E-state index contributed by atoms with van der Waals surface area (Å²) in [5.41, 5.74) is 2.71. The molecule has 4 heteroatoms. The fourth-order valence-corrected chi connectivity index (χ4v) is 2.33. The van der Waals surface area contributed by atoms with E-state index in [4.69, 9.17) is 0 Å². The van der Waals surface area contributed by atoms with Crippen molar-refractivity contribution in [2.45, 2.75) is 52.2 Å². The van der Waals surface area contributed by atoms with Crippen LogP contribution in [-0.2, 0) is 6.42 Å². The molecule has 108 valence electrons. The molecule has 1 N–H and O–H groups in total. The molecule has 2 rings (SSSR count). The van der Waals surface area contributed by atoms with Crippen molar-refractivity contribution in [3.05, 3.63) is 47.5 Å². The second kappa shape index (κ2) is 6.66. The lowest BCUT2D eigenvalue weighted by Crippen LogP contribution is -2.09. The average molecular weight is 273 g/mol. The zero-order valence-corrected chi connectivity index (χ0v) is 12.5. The van der Waals surface area contributed by atoms with Crippen LogP contribution in [0, 0.1) is 6.92 Å². The summed E-state index contributed by atoms with van der Waals surface area (Å²) in [6, 6.07) is 6.26. The van der Waals surface area contributed by atoms with Crippen molar-refractivity contribution in [3.63, 3.8) is 0 Å². The lowest BCUT2D eigenvalue weighted by atomic mass is 10.1. The number of aliphatic hydroxyl groups excluding tert-OH is 1. The Morgan fingerprint density at radius 3 is 2.55 bits per heavy atom. The molecule has 0 fully saturated rings.